The van der Waals surface area contributed by atoms with Crippen LogP contribution in [0.2, 0.25) is 0 Å². The van der Waals surface area contributed by atoms with E-state index in [9.17, 15) is 0 Å². The van der Waals surface area contributed by atoms with Gasteiger partial charge in [0.2, 0.25) is 0 Å². The number of benzene rings is 1. The van der Waals surface area contributed by atoms with Crippen molar-refractivity contribution in [3.8, 4) is 5.75 Å². The molecule has 0 aromatic heterocycles. The minimum absolute atomic E-state index is 0.202. The van der Waals surface area contributed by atoms with Gasteiger partial charge in [-0.05, 0) is 36.6 Å². The fourth-order valence-electron chi connectivity index (χ4n) is 1.25. The molecule has 0 bridgehead atoms. The molecule has 0 aliphatic rings. The summed E-state index contributed by atoms with van der Waals surface area (Å²) in [5.41, 5.74) is 2.35. The Bertz CT molecular complexity index is 299. The number of rotatable bonds is 4. The molecule has 76 valence electrons. The van der Waals surface area contributed by atoms with Crippen LogP contribution in [-0.4, -0.2) is 18.8 Å². The SMILES string of the molecule is COc1ccc(/C(C)=C\CCO)cc1. The van der Waals surface area contributed by atoms with Gasteiger partial charge in [0.15, 0.2) is 0 Å². The molecule has 0 amide bonds. The lowest BCUT2D eigenvalue weighted by Gasteiger charge is -2.03. The molecule has 1 aromatic rings. The molecule has 0 saturated carbocycles. The highest BCUT2D eigenvalue weighted by Crippen LogP contribution is 2.18. The normalized spacial score (nSPS) is 11.5. The van der Waals surface area contributed by atoms with E-state index < -0.39 is 0 Å². The first-order chi connectivity index (χ1) is 6.77. The molecular formula is C12H16O2. The number of methoxy groups -OCH3 is 1. The van der Waals surface area contributed by atoms with E-state index in [1.165, 1.54) is 11.1 Å². The molecule has 1 rings (SSSR count). The highest BCUT2D eigenvalue weighted by molar-refractivity contribution is 5.64. The van der Waals surface area contributed by atoms with Crippen molar-refractivity contribution in [2.75, 3.05) is 13.7 Å². The Morgan fingerprint density at radius 3 is 2.50 bits per heavy atom. The Labute approximate surface area is 84.8 Å². The fourth-order valence-corrected chi connectivity index (χ4v) is 1.25. The molecule has 0 heterocycles. The average Bonchev–Trinajstić information content (AvgIpc) is 2.26. The van der Waals surface area contributed by atoms with Crippen LogP contribution in [0.3, 0.4) is 0 Å². The Morgan fingerprint density at radius 1 is 1.36 bits per heavy atom. The smallest absolute Gasteiger partial charge is 0.118 e. The lowest BCUT2D eigenvalue weighted by molar-refractivity contribution is 0.303. The number of aliphatic hydroxyl groups excluding tert-OH is 1. The third-order valence-electron chi connectivity index (χ3n) is 2.12. The van der Waals surface area contributed by atoms with Gasteiger partial charge in [0.1, 0.15) is 5.75 Å². The van der Waals surface area contributed by atoms with Crippen LogP contribution in [0.1, 0.15) is 18.9 Å². The second-order valence-corrected chi connectivity index (χ2v) is 3.13. The summed E-state index contributed by atoms with van der Waals surface area (Å²) in [6.07, 6.45) is 2.74. The highest BCUT2D eigenvalue weighted by atomic mass is 16.5. The van der Waals surface area contributed by atoms with Crippen molar-refractivity contribution in [1.29, 1.82) is 0 Å². The molecule has 0 aliphatic carbocycles. The van der Waals surface area contributed by atoms with Gasteiger partial charge in [0.25, 0.3) is 0 Å². The zero-order valence-electron chi connectivity index (χ0n) is 8.66. The van der Waals surface area contributed by atoms with E-state index in [0.29, 0.717) is 6.42 Å². The van der Waals surface area contributed by atoms with E-state index >= 15 is 0 Å². The van der Waals surface area contributed by atoms with E-state index in [2.05, 4.69) is 0 Å². The Hall–Kier alpha value is -1.28. The summed E-state index contributed by atoms with van der Waals surface area (Å²) >= 11 is 0. The maximum absolute atomic E-state index is 8.68. The number of ether oxygens (including phenoxy) is 1. The van der Waals surface area contributed by atoms with Crippen LogP contribution < -0.4 is 4.74 Å². The van der Waals surface area contributed by atoms with E-state index in [4.69, 9.17) is 9.84 Å². The van der Waals surface area contributed by atoms with Gasteiger partial charge in [0.05, 0.1) is 7.11 Å². The Balaban J connectivity index is 2.76. The molecule has 2 heteroatoms. The van der Waals surface area contributed by atoms with Crippen LogP contribution in [0, 0.1) is 0 Å². The number of hydrogen-bond acceptors (Lipinski definition) is 2. The zero-order valence-corrected chi connectivity index (χ0v) is 8.66. The van der Waals surface area contributed by atoms with Crippen molar-refractivity contribution in [2.24, 2.45) is 0 Å². The van der Waals surface area contributed by atoms with E-state index in [-0.39, 0.29) is 6.61 Å². The molecule has 0 radical (unpaired) electrons. The van der Waals surface area contributed by atoms with Crippen molar-refractivity contribution in [3.05, 3.63) is 35.9 Å². The molecule has 0 fully saturated rings. The van der Waals surface area contributed by atoms with E-state index in [0.717, 1.165) is 5.75 Å². The van der Waals surface area contributed by atoms with Gasteiger partial charge in [0, 0.05) is 6.61 Å². The summed E-state index contributed by atoms with van der Waals surface area (Å²) < 4.78 is 5.07. The molecular weight excluding hydrogens is 176 g/mol. The first kappa shape index (κ1) is 10.8. The van der Waals surface area contributed by atoms with Crippen molar-refractivity contribution in [1.82, 2.24) is 0 Å². The van der Waals surface area contributed by atoms with Gasteiger partial charge >= 0.3 is 0 Å². The van der Waals surface area contributed by atoms with Crippen molar-refractivity contribution in [3.63, 3.8) is 0 Å². The summed E-state index contributed by atoms with van der Waals surface area (Å²) in [5.74, 6) is 0.865. The van der Waals surface area contributed by atoms with Crippen molar-refractivity contribution >= 4 is 5.57 Å². The number of aliphatic hydroxyl groups is 1. The second-order valence-electron chi connectivity index (χ2n) is 3.13. The third kappa shape index (κ3) is 2.89. The predicted molar refractivity (Wildman–Crippen MR) is 58.3 cm³/mol. The zero-order chi connectivity index (χ0) is 10.4. The summed E-state index contributed by atoms with van der Waals surface area (Å²) in [6.45, 7) is 2.24. The predicted octanol–water partition coefficient (Wildman–Crippen LogP) is 2.48. The maximum Gasteiger partial charge on any atom is 0.118 e. The summed E-state index contributed by atoms with van der Waals surface area (Å²) in [4.78, 5) is 0. The molecule has 1 aromatic carbocycles. The Kier molecular flexibility index (Phi) is 4.20. The van der Waals surface area contributed by atoms with Crippen LogP contribution in [0.5, 0.6) is 5.75 Å². The maximum atomic E-state index is 8.68. The van der Waals surface area contributed by atoms with Gasteiger partial charge in [-0.1, -0.05) is 18.2 Å². The summed E-state index contributed by atoms with van der Waals surface area (Å²) in [6, 6.07) is 7.90. The average molecular weight is 192 g/mol. The van der Waals surface area contributed by atoms with Crippen LogP contribution >= 0.6 is 0 Å². The van der Waals surface area contributed by atoms with Gasteiger partial charge in [-0.15, -0.1) is 0 Å². The lowest BCUT2D eigenvalue weighted by atomic mass is 10.1. The molecule has 0 aliphatic heterocycles. The molecule has 0 saturated heterocycles. The minimum Gasteiger partial charge on any atom is -0.497 e. The van der Waals surface area contributed by atoms with E-state index in [1.807, 2.05) is 37.3 Å². The highest BCUT2D eigenvalue weighted by Gasteiger charge is 1.95. The van der Waals surface area contributed by atoms with Gasteiger partial charge < -0.3 is 9.84 Å². The molecule has 1 N–H and O–H groups in total. The molecule has 2 nitrogen and oxygen atoms in total. The number of allylic oxidation sites excluding steroid dienone is 1. The monoisotopic (exact) mass is 192 g/mol. The molecule has 0 spiro atoms. The first-order valence-corrected chi connectivity index (χ1v) is 4.70. The number of hydrogen-bond donors (Lipinski definition) is 1. The standard InChI is InChI=1S/C12H16O2/c1-10(4-3-9-13)11-5-7-12(14-2)8-6-11/h4-8,13H,3,9H2,1-2H3/b10-4-. The largest absolute Gasteiger partial charge is 0.497 e. The van der Waals surface area contributed by atoms with E-state index in [1.54, 1.807) is 7.11 Å². The van der Waals surface area contributed by atoms with Crippen LogP contribution in [0.15, 0.2) is 30.3 Å². The van der Waals surface area contributed by atoms with Crippen molar-refractivity contribution in [2.45, 2.75) is 13.3 Å². The first-order valence-electron chi connectivity index (χ1n) is 4.70. The molecule has 0 atom stereocenters. The topological polar surface area (TPSA) is 29.5 Å². The second kappa shape index (κ2) is 5.45. The van der Waals surface area contributed by atoms with Crippen LogP contribution in [0.25, 0.3) is 5.57 Å². The summed E-state index contributed by atoms with van der Waals surface area (Å²) in [5, 5.41) is 8.68. The van der Waals surface area contributed by atoms with Gasteiger partial charge in [-0.3, -0.25) is 0 Å². The van der Waals surface area contributed by atoms with Crippen LogP contribution in [-0.2, 0) is 0 Å². The van der Waals surface area contributed by atoms with Gasteiger partial charge in [-0.2, -0.15) is 0 Å². The van der Waals surface area contributed by atoms with Crippen molar-refractivity contribution < 1.29 is 9.84 Å². The summed E-state index contributed by atoms with van der Waals surface area (Å²) in [7, 11) is 1.66. The fraction of sp³-hybridized carbons (Fsp3) is 0.333. The van der Waals surface area contributed by atoms with Gasteiger partial charge in [-0.25, -0.2) is 0 Å². The van der Waals surface area contributed by atoms with Crippen LogP contribution in [0.4, 0.5) is 0 Å². The quantitative estimate of drug-likeness (QED) is 0.794. The molecule has 0 unspecified atom stereocenters. The Morgan fingerprint density at radius 2 is 2.00 bits per heavy atom. The lowest BCUT2D eigenvalue weighted by Crippen LogP contribution is -1.85. The minimum atomic E-state index is 0.202. The third-order valence-corrected chi connectivity index (χ3v) is 2.12. The molecule has 14 heavy (non-hydrogen) atoms.